The highest BCUT2D eigenvalue weighted by atomic mass is 33.1. The number of guanidine groups is 2. The number of aliphatic hydroxyl groups excluding tert-OH is 1. The van der Waals surface area contributed by atoms with E-state index in [1.54, 1.807) is 27.7 Å². The van der Waals surface area contributed by atoms with Crippen LogP contribution in [0.2, 0.25) is 0 Å². The van der Waals surface area contributed by atoms with Gasteiger partial charge in [-0.05, 0) is 83.5 Å². The van der Waals surface area contributed by atoms with Gasteiger partial charge in [0.1, 0.15) is 90.6 Å². The van der Waals surface area contributed by atoms with Crippen LogP contribution in [-0.2, 0) is 89.6 Å². The zero-order valence-corrected chi connectivity index (χ0v) is 68.5. The highest BCUT2D eigenvalue weighted by Crippen LogP contribution is 2.27. The molecule has 2 aromatic heterocycles. The zero-order chi connectivity index (χ0) is 85.5. The second-order valence-corrected chi connectivity index (χ2v) is 33.9. The first-order valence-corrected chi connectivity index (χ1v) is 42.8. The standard InChI is InChI=1S/C68H109N27O17S4/c1-32(2)19-40-57(103)90-44(52(70)98)26-113-115-28-46-61(107)89-43(25-96)58(104)88-42(21-37-24-76-31-80-37)66(112)95-18-10-14-49(95)63(109)93-51(33(3)4)64(110)92-47(29-116-114-27-45(59(105)91-46)83-50(97)22-69)60(106)85-38(11-7-15-77-67(71)72)55(101)81-34(5)53(99)84-39(12-8-16-78-68(73)74)56(102)87-41(20-36-23-75-30-79-36)65(111)94-17-9-13-48(94)62(108)82-35(6)54(100)86-40/h23-24,30-35,38-49,51,96H,7-22,25-29,69H2,1-6H3,(H2,70,98)(H,75,79)(H,76,80)(H,81,101)(H,82,108)(H,83,97)(H,84,99)(H,85,106)(H,86,100)(H,87,102)(H,88,104)(H,89,107)(H,90,103)(H,91,105)(H,92,110)(H,93,109)(H4,71,72,77)(H4,73,74,78)/t34-,35-,38-,39-,40-,41-,42-,43-,44-,45-,46-,47-,48-,49-,51-/m0/s1. The Bertz CT molecular complexity index is 3820. The minimum absolute atomic E-state index is 0.000875. The molecule has 0 spiro atoms. The molecule has 0 saturated carbocycles. The van der Waals surface area contributed by atoms with E-state index in [1.165, 1.54) is 48.7 Å². The third-order valence-corrected chi connectivity index (χ3v) is 23.6. The van der Waals surface area contributed by atoms with Gasteiger partial charge in [-0.25, -0.2) is 9.97 Å². The number of hydrogen-bond acceptors (Lipinski definition) is 26. The van der Waals surface area contributed by atoms with Crippen molar-refractivity contribution in [2.75, 3.05) is 62.3 Å². The van der Waals surface area contributed by atoms with E-state index in [4.69, 9.17) is 34.4 Å². The number of nitrogens with two attached hydrogens (primary N) is 6. The average Bonchev–Trinajstić information content (AvgIpc) is 1.65. The number of rotatable bonds is 19. The summed E-state index contributed by atoms with van der Waals surface area (Å²) in [6.07, 6.45) is 5.24. The Labute approximate surface area is 684 Å². The Kier molecular flexibility index (Phi) is 38.4. The van der Waals surface area contributed by atoms with Gasteiger partial charge in [0.15, 0.2) is 11.9 Å². The van der Waals surface area contributed by atoms with E-state index in [0.29, 0.717) is 17.8 Å². The minimum atomic E-state index is -1.86. The number of aliphatic imine (C=N–C) groups is 2. The molecule has 2 aromatic rings. The van der Waals surface area contributed by atoms with E-state index in [2.05, 4.69) is 99.0 Å². The smallest absolute Gasteiger partial charge is 0.246 e. The number of aromatic nitrogens is 4. The van der Waals surface area contributed by atoms with Gasteiger partial charge < -0.3 is 128 Å². The predicted molar refractivity (Wildman–Crippen MR) is 430 cm³/mol. The number of aromatic amines is 2. The molecular weight excluding hydrogens is 1600 g/mol. The fourth-order valence-electron chi connectivity index (χ4n) is 12.6. The maximum Gasteiger partial charge on any atom is 0.246 e. The molecule has 4 fully saturated rings. The van der Waals surface area contributed by atoms with Crippen LogP contribution in [-0.4, -0.2) is 294 Å². The monoisotopic (exact) mass is 1700 g/mol. The maximum absolute atomic E-state index is 15.1. The molecule has 642 valence electrons. The molecule has 6 rings (SSSR count). The van der Waals surface area contributed by atoms with Crippen LogP contribution < -0.4 is 104 Å². The number of primary amides is 1. The quantitative estimate of drug-likeness (QED) is 0.0269. The molecule has 16 amide bonds. The molecule has 0 aliphatic carbocycles. The molecule has 0 aromatic carbocycles. The van der Waals surface area contributed by atoms with Crippen LogP contribution in [0.4, 0.5) is 0 Å². The van der Waals surface area contributed by atoms with E-state index in [1.807, 2.05) is 0 Å². The number of amides is 16. The number of fused-ring (bicyclic) bond motifs is 10. The number of carbonyl (C=O) groups is 16. The van der Waals surface area contributed by atoms with Crippen LogP contribution in [0.5, 0.6) is 0 Å². The topological polar surface area (TPSA) is 694 Å². The lowest BCUT2D eigenvalue weighted by atomic mass is 10.0. The van der Waals surface area contributed by atoms with Gasteiger partial charge in [-0.1, -0.05) is 70.9 Å². The largest absolute Gasteiger partial charge is 0.394 e. The van der Waals surface area contributed by atoms with Crippen molar-refractivity contribution in [2.45, 2.75) is 203 Å². The Morgan fingerprint density at radius 1 is 0.509 bits per heavy atom. The lowest BCUT2D eigenvalue weighted by molar-refractivity contribution is -0.143. The van der Waals surface area contributed by atoms with Crippen molar-refractivity contribution < 1.29 is 81.8 Å². The van der Waals surface area contributed by atoms with Gasteiger partial charge in [0.2, 0.25) is 94.5 Å². The summed E-state index contributed by atoms with van der Waals surface area (Å²) in [4.78, 5) is 256. The van der Waals surface area contributed by atoms with Crippen molar-refractivity contribution in [3.63, 3.8) is 0 Å². The molecule has 2 bridgehead atoms. The van der Waals surface area contributed by atoms with Gasteiger partial charge in [-0.15, -0.1) is 0 Å². The molecule has 116 heavy (non-hydrogen) atoms. The van der Waals surface area contributed by atoms with Crippen molar-refractivity contribution in [1.82, 2.24) is 98.9 Å². The second kappa shape index (κ2) is 47.1. The molecule has 44 nitrogen and oxygen atoms in total. The van der Waals surface area contributed by atoms with Crippen molar-refractivity contribution in [1.29, 1.82) is 0 Å². The number of carbonyl (C=O) groups excluding carboxylic acids is 16. The maximum atomic E-state index is 15.1. The van der Waals surface area contributed by atoms with Gasteiger partial charge in [0.05, 0.1) is 25.8 Å². The Balaban J connectivity index is 1.47. The number of H-pyrrole nitrogens is 2. The molecular formula is C68H109N27O17S4. The molecule has 4 aliphatic heterocycles. The van der Waals surface area contributed by atoms with E-state index in [0.717, 1.165) is 43.2 Å². The summed E-state index contributed by atoms with van der Waals surface area (Å²) in [5.74, 6) is -18.1. The third-order valence-electron chi connectivity index (χ3n) is 18.8. The molecule has 48 heteroatoms. The lowest BCUT2D eigenvalue weighted by Gasteiger charge is -2.31. The van der Waals surface area contributed by atoms with Crippen LogP contribution in [0, 0.1) is 11.8 Å². The second-order valence-electron chi connectivity index (χ2n) is 28.8. The van der Waals surface area contributed by atoms with Crippen LogP contribution in [0.15, 0.2) is 35.0 Å². The first-order chi connectivity index (χ1) is 55.1. The summed E-state index contributed by atoms with van der Waals surface area (Å²) in [7, 11) is 3.42. The molecule has 15 atom stereocenters. The number of nitrogens with zero attached hydrogens (tertiary/aromatic N) is 6. The molecule has 0 unspecified atom stereocenters. The fourth-order valence-corrected chi connectivity index (χ4v) is 17.2. The van der Waals surface area contributed by atoms with Crippen molar-refractivity contribution in [3.05, 3.63) is 36.4 Å². The number of imidazole rings is 2. The minimum Gasteiger partial charge on any atom is -0.394 e. The zero-order valence-electron chi connectivity index (χ0n) is 65.2. The molecule has 4 aliphatic rings. The van der Waals surface area contributed by atoms with Crippen LogP contribution >= 0.6 is 43.2 Å². The van der Waals surface area contributed by atoms with E-state index in [-0.39, 0.29) is 120 Å². The molecule has 28 N–H and O–H groups in total. The first kappa shape index (κ1) is 94.7. The normalized spacial score (nSPS) is 27.3. The van der Waals surface area contributed by atoms with E-state index in [9.17, 15) is 77.0 Å². The van der Waals surface area contributed by atoms with Gasteiger partial charge in [-0.2, -0.15) is 0 Å². The SMILES string of the molecule is CC(C)C[C@@H]1NC(=O)[C@H](C)NC(=O)[C@@H]2CCCN2C(=O)[C@H](Cc2cnc[nH]2)NC(=O)[C@H](CCCN=C(N)N)NC(=O)[C@H](C)NC(=O)[C@H](CCCN=C(N)N)NC(=O)[C@@H]2CSSC[C@H](NC(=O)CN)C(=O)N[C@@H](CSSC[C@@H](C(N)=O)NC1=O)C(=O)N[C@@H](CO)C(=O)N[C@@H](Cc1cnc[nH]1)C(=O)N1CCC[C@H]1C(=O)N[C@@H](C(C)C)C(=O)N2. The van der Waals surface area contributed by atoms with E-state index >= 15 is 4.79 Å². The van der Waals surface area contributed by atoms with Gasteiger partial charge in [-0.3, -0.25) is 86.7 Å². The lowest BCUT2D eigenvalue weighted by Crippen LogP contribution is -2.62. The predicted octanol–water partition coefficient (Wildman–Crippen LogP) is -8.72. The number of hydrogen-bond donors (Lipinski definition) is 22. The fraction of sp³-hybridized carbons (Fsp3) is 0.647. The van der Waals surface area contributed by atoms with Gasteiger partial charge in [0, 0.05) is 85.8 Å². The van der Waals surface area contributed by atoms with Crippen LogP contribution in [0.3, 0.4) is 0 Å². The summed E-state index contributed by atoms with van der Waals surface area (Å²) < 4.78 is 0. The number of aliphatic hydroxyl groups is 1. The van der Waals surface area contributed by atoms with Crippen molar-refractivity contribution >= 4 is 150 Å². The molecule has 6 heterocycles. The average molecular weight is 1710 g/mol. The first-order valence-electron chi connectivity index (χ1n) is 37.8. The Morgan fingerprint density at radius 3 is 1.39 bits per heavy atom. The summed E-state index contributed by atoms with van der Waals surface area (Å²) in [6.45, 7) is 7.36. The molecule has 4 saturated heterocycles. The van der Waals surface area contributed by atoms with E-state index < -0.39 is 216 Å². The van der Waals surface area contributed by atoms with Gasteiger partial charge >= 0.3 is 0 Å². The Morgan fingerprint density at radius 2 is 0.931 bits per heavy atom. The van der Waals surface area contributed by atoms with Crippen molar-refractivity contribution in [3.8, 4) is 0 Å². The van der Waals surface area contributed by atoms with Crippen LogP contribution in [0.25, 0.3) is 0 Å². The highest BCUT2D eigenvalue weighted by molar-refractivity contribution is 8.77. The Hall–Kier alpha value is -10.2. The number of nitrogens with one attached hydrogen (secondary N) is 15. The highest BCUT2D eigenvalue weighted by Gasteiger charge is 2.44. The molecule has 0 radical (unpaired) electrons. The van der Waals surface area contributed by atoms with Gasteiger partial charge in [0.25, 0.3) is 0 Å². The van der Waals surface area contributed by atoms with Crippen LogP contribution in [0.1, 0.15) is 111 Å². The summed E-state index contributed by atoms with van der Waals surface area (Å²) in [6, 6.07) is -22.6. The third kappa shape index (κ3) is 29.8. The summed E-state index contributed by atoms with van der Waals surface area (Å²) >= 11 is 0. The van der Waals surface area contributed by atoms with Crippen molar-refractivity contribution in [2.24, 2.45) is 56.2 Å². The summed E-state index contributed by atoms with van der Waals surface area (Å²) in [5, 5.41) is 44.6. The summed E-state index contributed by atoms with van der Waals surface area (Å²) in [5.41, 5.74) is 34.8.